The second-order valence-electron chi connectivity index (χ2n) is 4.26. The molecule has 0 aliphatic rings. The summed E-state index contributed by atoms with van der Waals surface area (Å²) in [6.07, 6.45) is 4.69. The predicted molar refractivity (Wildman–Crippen MR) is 77.9 cm³/mol. The maximum Gasteiger partial charge on any atom is 0.347 e. The summed E-state index contributed by atoms with van der Waals surface area (Å²) in [5.41, 5.74) is 1.27. The lowest BCUT2D eigenvalue weighted by Gasteiger charge is -1.98. The number of carbonyl (C=O) groups is 2. The fourth-order valence-electron chi connectivity index (χ4n) is 1.66. The number of carboxylic acids is 1. The third kappa shape index (κ3) is 3.76. The van der Waals surface area contributed by atoms with Gasteiger partial charge in [0.1, 0.15) is 9.88 Å². The van der Waals surface area contributed by atoms with E-state index in [9.17, 15) is 9.59 Å². The molecule has 1 amide bonds. The molecule has 110 valence electrons. The minimum Gasteiger partial charge on any atom is -0.477 e. The molecule has 0 aromatic carbocycles. The Kier molecular flexibility index (Phi) is 4.49. The van der Waals surface area contributed by atoms with Gasteiger partial charge in [-0.3, -0.25) is 9.48 Å². The highest BCUT2D eigenvalue weighted by atomic mass is 32.1. The average molecular weight is 306 g/mol. The Morgan fingerprint density at radius 2 is 2.29 bits per heavy atom. The number of nitrogens with zero attached hydrogens (tertiary/aromatic N) is 3. The highest BCUT2D eigenvalue weighted by molar-refractivity contribution is 7.13. The van der Waals surface area contributed by atoms with Crippen LogP contribution in [-0.4, -0.2) is 31.7 Å². The smallest absolute Gasteiger partial charge is 0.347 e. The van der Waals surface area contributed by atoms with E-state index < -0.39 is 5.97 Å². The number of aromatic nitrogens is 3. The van der Waals surface area contributed by atoms with Gasteiger partial charge in [-0.05, 0) is 19.1 Å². The van der Waals surface area contributed by atoms with Crippen LogP contribution in [0.2, 0.25) is 0 Å². The summed E-state index contributed by atoms with van der Waals surface area (Å²) >= 11 is 1.06. The summed E-state index contributed by atoms with van der Waals surface area (Å²) in [5, 5.41) is 16.1. The summed E-state index contributed by atoms with van der Waals surface area (Å²) < 4.78 is 1.65. The molecule has 2 rings (SSSR count). The van der Waals surface area contributed by atoms with Crippen LogP contribution >= 0.6 is 11.3 Å². The Bertz CT molecular complexity index is 702. The van der Waals surface area contributed by atoms with E-state index in [2.05, 4.69) is 15.4 Å². The molecule has 7 nitrogen and oxygen atoms in total. The maximum absolute atomic E-state index is 11.7. The van der Waals surface area contributed by atoms with Gasteiger partial charge < -0.3 is 10.4 Å². The molecule has 21 heavy (non-hydrogen) atoms. The van der Waals surface area contributed by atoms with Crippen molar-refractivity contribution < 1.29 is 14.7 Å². The van der Waals surface area contributed by atoms with E-state index in [0.717, 1.165) is 17.0 Å². The first-order valence-corrected chi connectivity index (χ1v) is 6.92. The van der Waals surface area contributed by atoms with E-state index in [0.29, 0.717) is 10.7 Å². The summed E-state index contributed by atoms with van der Waals surface area (Å²) in [5.74, 6) is -1.28. The average Bonchev–Trinajstić information content (AvgIpc) is 3.00. The minimum atomic E-state index is -1.00. The standard InChI is InChI=1S/C13H14N4O3S/c1-8-12(13(19)20)21-11(16-8)7-14-10(18)4-3-9-5-6-15-17(9)2/h3-6H,7H2,1-2H3,(H,14,18)(H,19,20). The van der Waals surface area contributed by atoms with Crippen LogP contribution in [0, 0.1) is 6.92 Å². The normalized spacial score (nSPS) is 11.0. The number of aromatic carboxylic acids is 1. The molecule has 0 aliphatic heterocycles. The number of hydrogen-bond donors (Lipinski definition) is 2. The van der Waals surface area contributed by atoms with Crippen LogP contribution in [0.1, 0.15) is 26.1 Å². The van der Waals surface area contributed by atoms with Gasteiger partial charge in [0.05, 0.1) is 17.9 Å². The maximum atomic E-state index is 11.7. The highest BCUT2D eigenvalue weighted by Gasteiger charge is 2.13. The summed E-state index contributed by atoms with van der Waals surface area (Å²) in [7, 11) is 1.78. The number of carboxylic acid groups (broad SMARTS) is 1. The molecular weight excluding hydrogens is 292 g/mol. The van der Waals surface area contributed by atoms with E-state index in [1.165, 1.54) is 6.08 Å². The van der Waals surface area contributed by atoms with Crippen molar-refractivity contribution in [1.29, 1.82) is 0 Å². The van der Waals surface area contributed by atoms with Crippen molar-refractivity contribution in [1.82, 2.24) is 20.1 Å². The summed E-state index contributed by atoms with van der Waals surface area (Å²) in [6.45, 7) is 1.83. The van der Waals surface area contributed by atoms with Crippen LogP contribution in [0.5, 0.6) is 0 Å². The first-order chi connectivity index (χ1) is 9.97. The quantitative estimate of drug-likeness (QED) is 0.809. The van der Waals surface area contributed by atoms with Crippen LogP contribution in [0.25, 0.3) is 6.08 Å². The predicted octanol–water partition coefficient (Wildman–Crippen LogP) is 1.21. The Morgan fingerprint density at radius 3 is 2.86 bits per heavy atom. The van der Waals surface area contributed by atoms with Crippen LogP contribution < -0.4 is 5.32 Å². The zero-order chi connectivity index (χ0) is 15.4. The molecule has 0 fully saturated rings. The number of hydrogen-bond acceptors (Lipinski definition) is 5. The van der Waals surface area contributed by atoms with Gasteiger partial charge in [0.2, 0.25) is 5.91 Å². The lowest BCUT2D eigenvalue weighted by molar-refractivity contribution is -0.116. The van der Waals surface area contributed by atoms with Gasteiger partial charge in [0, 0.05) is 19.3 Å². The largest absolute Gasteiger partial charge is 0.477 e. The molecule has 2 aromatic heterocycles. The number of aryl methyl sites for hydroxylation is 2. The SMILES string of the molecule is Cc1nc(CNC(=O)C=Cc2ccnn2C)sc1C(=O)O. The van der Waals surface area contributed by atoms with Gasteiger partial charge in [0.15, 0.2) is 0 Å². The molecule has 0 unspecified atom stereocenters. The van der Waals surface area contributed by atoms with Crippen LogP contribution in [0.15, 0.2) is 18.3 Å². The molecular formula is C13H14N4O3S. The zero-order valence-corrected chi connectivity index (χ0v) is 12.3. The molecule has 0 saturated carbocycles. The second-order valence-corrected chi connectivity index (χ2v) is 5.34. The molecule has 0 radical (unpaired) electrons. The fraction of sp³-hybridized carbons (Fsp3) is 0.231. The first-order valence-electron chi connectivity index (χ1n) is 6.11. The lowest BCUT2D eigenvalue weighted by Crippen LogP contribution is -2.20. The molecule has 0 spiro atoms. The monoisotopic (exact) mass is 306 g/mol. The molecule has 8 heteroatoms. The molecule has 0 aliphatic carbocycles. The molecule has 2 N–H and O–H groups in total. The van der Waals surface area contributed by atoms with Gasteiger partial charge in [0.25, 0.3) is 0 Å². The Balaban J connectivity index is 1.92. The molecule has 0 saturated heterocycles. The zero-order valence-electron chi connectivity index (χ0n) is 11.5. The Hall–Kier alpha value is -2.48. The van der Waals surface area contributed by atoms with Crippen LogP contribution in [-0.2, 0) is 18.4 Å². The van der Waals surface area contributed by atoms with Crippen LogP contribution in [0.4, 0.5) is 0 Å². The molecule has 0 bridgehead atoms. The van der Waals surface area contributed by atoms with Crippen LogP contribution in [0.3, 0.4) is 0 Å². The second kappa shape index (κ2) is 6.31. The number of rotatable bonds is 5. The topological polar surface area (TPSA) is 97.1 Å². The van der Waals surface area contributed by atoms with Crippen molar-refractivity contribution in [2.24, 2.45) is 7.05 Å². The van der Waals surface area contributed by atoms with Crippen molar-refractivity contribution in [3.63, 3.8) is 0 Å². The van der Waals surface area contributed by atoms with Crippen molar-refractivity contribution in [2.75, 3.05) is 0 Å². The highest BCUT2D eigenvalue weighted by Crippen LogP contribution is 2.17. The van der Waals surface area contributed by atoms with Gasteiger partial charge in [-0.25, -0.2) is 9.78 Å². The third-order valence-electron chi connectivity index (χ3n) is 2.71. The van der Waals surface area contributed by atoms with Crippen molar-refractivity contribution in [3.8, 4) is 0 Å². The fourth-order valence-corrected chi connectivity index (χ4v) is 2.50. The third-order valence-corrected chi connectivity index (χ3v) is 3.86. The number of carbonyl (C=O) groups excluding carboxylic acids is 1. The minimum absolute atomic E-state index is 0.199. The van der Waals surface area contributed by atoms with E-state index in [4.69, 9.17) is 5.11 Å². The number of amides is 1. The first kappa shape index (κ1) is 14.9. The number of nitrogens with one attached hydrogen (secondary N) is 1. The molecule has 0 atom stereocenters. The molecule has 2 heterocycles. The van der Waals surface area contributed by atoms with E-state index >= 15 is 0 Å². The van der Waals surface area contributed by atoms with E-state index in [1.54, 1.807) is 37.0 Å². The van der Waals surface area contributed by atoms with E-state index in [1.807, 2.05) is 0 Å². The lowest BCUT2D eigenvalue weighted by atomic mass is 10.3. The number of thiazole rings is 1. The van der Waals surface area contributed by atoms with Gasteiger partial charge in [-0.2, -0.15) is 5.10 Å². The van der Waals surface area contributed by atoms with Crippen molar-refractivity contribution >= 4 is 29.3 Å². The summed E-state index contributed by atoms with van der Waals surface area (Å²) in [6, 6.07) is 1.78. The summed E-state index contributed by atoms with van der Waals surface area (Å²) in [4.78, 5) is 26.9. The van der Waals surface area contributed by atoms with Gasteiger partial charge in [-0.15, -0.1) is 11.3 Å². The van der Waals surface area contributed by atoms with Gasteiger partial charge >= 0.3 is 5.97 Å². The Morgan fingerprint density at radius 1 is 1.52 bits per heavy atom. The molecule has 2 aromatic rings. The van der Waals surface area contributed by atoms with Crippen molar-refractivity contribution in [2.45, 2.75) is 13.5 Å². The Labute approximate surface area is 124 Å². The van der Waals surface area contributed by atoms with Gasteiger partial charge in [-0.1, -0.05) is 0 Å². The van der Waals surface area contributed by atoms with Crippen molar-refractivity contribution in [3.05, 3.63) is 39.6 Å². The van der Waals surface area contributed by atoms with E-state index in [-0.39, 0.29) is 17.3 Å².